The molecule has 0 bridgehead atoms. The molecule has 0 aromatic carbocycles. The Bertz CT molecular complexity index is 190. The van der Waals surface area contributed by atoms with E-state index in [1.54, 1.807) is 0 Å². The molecule has 0 amide bonds. The fraction of sp³-hybridized carbons (Fsp3) is 0.917. The van der Waals surface area contributed by atoms with Crippen LogP contribution in [-0.4, -0.2) is 24.2 Å². The van der Waals surface area contributed by atoms with Gasteiger partial charge in [0.25, 0.3) is 0 Å². The van der Waals surface area contributed by atoms with Crippen LogP contribution in [0.15, 0.2) is 0 Å². The average molecular weight is 213 g/mol. The maximum atomic E-state index is 10.3. The predicted octanol–water partition coefficient (Wildman–Crippen LogP) is 2.27. The van der Waals surface area contributed by atoms with E-state index in [-0.39, 0.29) is 0 Å². The molecular weight excluding hydrogens is 190 g/mol. The second kappa shape index (κ2) is 6.83. The summed E-state index contributed by atoms with van der Waals surface area (Å²) in [6.07, 6.45) is 6.39. The van der Waals surface area contributed by atoms with E-state index >= 15 is 0 Å². The Kier molecular flexibility index (Phi) is 5.69. The summed E-state index contributed by atoms with van der Waals surface area (Å²) < 4.78 is 0. The highest BCUT2D eigenvalue weighted by Crippen LogP contribution is 2.31. The standard InChI is InChI=1S/C12H23NO2/c1-10(2-5-12(14)15)6-8-13-9-7-11-3-4-11/h10-11,13H,2-9H2,1H3,(H,14,15). The number of hydrogen-bond acceptors (Lipinski definition) is 2. The smallest absolute Gasteiger partial charge is 0.303 e. The molecule has 0 heterocycles. The fourth-order valence-corrected chi connectivity index (χ4v) is 1.70. The van der Waals surface area contributed by atoms with Crippen LogP contribution >= 0.6 is 0 Å². The van der Waals surface area contributed by atoms with Gasteiger partial charge in [-0.3, -0.25) is 4.79 Å². The summed E-state index contributed by atoms with van der Waals surface area (Å²) >= 11 is 0. The largest absolute Gasteiger partial charge is 0.481 e. The molecule has 0 aromatic rings. The normalized spacial score (nSPS) is 17.7. The van der Waals surface area contributed by atoms with Crippen molar-refractivity contribution in [3.63, 3.8) is 0 Å². The number of rotatable bonds is 9. The summed E-state index contributed by atoms with van der Waals surface area (Å²) in [6, 6.07) is 0. The van der Waals surface area contributed by atoms with Crippen molar-refractivity contribution in [2.75, 3.05) is 13.1 Å². The van der Waals surface area contributed by atoms with Gasteiger partial charge in [-0.05, 0) is 44.2 Å². The SMILES string of the molecule is CC(CCNCCC1CC1)CCC(=O)O. The second-order valence-corrected chi connectivity index (χ2v) is 4.81. The zero-order valence-electron chi connectivity index (χ0n) is 9.67. The highest BCUT2D eigenvalue weighted by molar-refractivity contribution is 5.66. The summed E-state index contributed by atoms with van der Waals surface area (Å²) in [7, 11) is 0. The lowest BCUT2D eigenvalue weighted by Gasteiger charge is -2.10. The van der Waals surface area contributed by atoms with Gasteiger partial charge < -0.3 is 10.4 Å². The van der Waals surface area contributed by atoms with Crippen LogP contribution in [0.4, 0.5) is 0 Å². The van der Waals surface area contributed by atoms with Gasteiger partial charge in [-0.15, -0.1) is 0 Å². The van der Waals surface area contributed by atoms with Crippen molar-refractivity contribution in [3.8, 4) is 0 Å². The third-order valence-electron chi connectivity index (χ3n) is 3.09. The molecule has 3 heteroatoms. The topological polar surface area (TPSA) is 49.3 Å². The fourth-order valence-electron chi connectivity index (χ4n) is 1.70. The highest BCUT2D eigenvalue weighted by atomic mass is 16.4. The minimum atomic E-state index is -0.677. The number of aliphatic carboxylic acids is 1. The zero-order chi connectivity index (χ0) is 11.1. The summed E-state index contributed by atoms with van der Waals surface area (Å²) in [5.41, 5.74) is 0. The third kappa shape index (κ3) is 7.37. The van der Waals surface area contributed by atoms with Crippen molar-refractivity contribution in [1.82, 2.24) is 5.32 Å². The Morgan fingerprint density at radius 3 is 2.73 bits per heavy atom. The van der Waals surface area contributed by atoms with Gasteiger partial charge >= 0.3 is 5.97 Å². The quantitative estimate of drug-likeness (QED) is 0.578. The summed E-state index contributed by atoms with van der Waals surface area (Å²) in [5.74, 6) is 0.847. The van der Waals surface area contributed by atoms with E-state index in [0.717, 1.165) is 31.8 Å². The Morgan fingerprint density at radius 1 is 1.40 bits per heavy atom. The molecule has 2 N–H and O–H groups in total. The molecule has 1 atom stereocenters. The number of carboxylic acids is 1. The van der Waals surface area contributed by atoms with Crippen LogP contribution in [0.5, 0.6) is 0 Å². The summed E-state index contributed by atoms with van der Waals surface area (Å²) in [4.78, 5) is 10.3. The van der Waals surface area contributed by atoms with Crippen molar-refractivity contribution in [3.05, 3.63) is 0 Å². The number of hydrogen-bond donors (Lipinski definition) is 2. The first-order valence-corrected chi connectivity index (χ1v) is 6.11. The molecule has 1 aliphatic carbocycles. The molecule has 0 aromatic heterocycles. The van der Waals surface area contributed by atoms with Gasteiger partial charge in [0.2, 0.25) is 0 Å². The van der Waals surface area contributed by atoms with E-state index in [4.69, 9.17) is 5.11 Å². The molecule has 0 aliphatic heterocycles. The molecule has 1 rings (SSSR count). The van der Waals surface area contributed by atoms with E-state index in [0.29, 0.717) is 12.3 Å². The van der Waals surface area contributed by atoms with Gasteiger partial charge in [-0.2, -0.15) is 0 Å². The minimum absolute atomic E-state index is 0.309. The van der Waals surface area contributed by atoms with Crippen molar-refractivity contribution in [1.29, 1.82) is 0 Å². The zero-order valence-corrected chi connectivity index (χ0v) is 9.67. The van der Waals surface area contributed by atoms with Gasteiger partial charge in [-0.25, -0.2) is 0 Å². The molecule has 0 radical (unpaired) electrons. The molecule has 1 saturated carbocycles. The summed E-state index contributed by atoms with van der Waals surface area (Å²) in [5, 5.41) is 12.0. The van der Waals surface area contributed by atoms with Gasteiger partial charge in [0.05, 0.1) is 0 Å². The molecule has 3 nitrogen and oxygen atoms in total. The lowest BCUT2D eigenvalue weighted by atomic mass is 10.0. The van der Waals surface area contributed by atoms with Crippen LogP contribution in [0.3, 0.4) is 0 Å². The van der Waals surface area contributed by atoms with Crippen molar-refractivity contribution < 1.29 is 9.90 Å². The van der Waals surface area contributed by atoms with E-state index < -0.39 is 5.97 Å². The lowest BCUT2D eigenvalue weighted by Crippen LogP contribution is -2.19. The Morgan fingerprint density at radius 2 is 2.13 bits per heavy atom. The van der Waals surface area contributed by atoms with E-state index in [9.17, 15) is 4.79 Å². The van der Waals surface area contributed by atoms with Crippen LogP contribution < -0.4 is 5.32 Å². The predicted molar refractivity (Wildman–Crippen MR) is 60.9 cm³/mol. The van der Waals surface area contributed by atoms with E-state index in [1.807, 2.05) is 0 Å². The van der Waals surface area contributed by atoms with Crippen molar-refractivity contribution in [2.24, 2.45) is 11.8 Å². The molecule has 15 heavy (non-hydrogen) atoms. The Balaban J connectivity index is 1.82. The maximum Gasteiger partial charge on any atom is 0.303 e. The molecule has 1 fully saturated rings. The molecule has 0 spiro atoms. The first kappa shape index (κ1) is 12.5. The Labute approximate surface area is 92.3 Å². The van der Waals surface area contributed by atoms with Gasteiger partial charge in [0, 0.05) is 6.42 Å². The first-order valence-electron chi connectivity index (χ1n) is 6.11. The molecule has 88 valence electrons. The molecule has 1 unspecified atom stereocenters. The monoisotopic (exact) mass is 213 g/mol. The number of nitrogens with one attached hydrogen (secondary N) is 1. The number of carboxylic acid groups (broad SMARTS) is 1. The average Bonchev–Trinajstić information content (AvgIpc) is 2.98. The minimum Gasteiger partial charge on any atom is -0.481 e. The van der Waals surface area contributed by atoms with Gasteiger partial charge in [-0.1, -0.05) is 19.8 Å². The first-order chi connectivity index (χ1) is 7.18. The van der Waals surface area contributed by atoms with Gasteiger partial charge in [0.15, 0.2) is 0 Å². The second-order valence-electron chi connectivity index (χ2n) is 4.81. The van der Waals surface area contributed by atoms with Crippen LogP contribution in [0.25, 0.3) is 0 Å². The third-order valence-corrected chi connectivity index (χ3v) is 3.09. The van der Waals surface area contributed by atoms with Crippen LogP contribution in [0.2, 0.25) is 0 Å². The molecule has 0 saturated heterocycles. The summed E-state index contributed by atoms with van der Waals surface area (Å²) in [6.45, 7) is 4.30. The van der Waals surface area contributed by atoms with Crippen LogP contribution in [-0.2, 0) is 4.79 Å². The maximum absolute atomic E-state index is 10.3. The van der Waals surface area contributed by atoms with Crippen LogP contribution in [0.1, 0.15) is 45.4 Å². The van der Waals surface area contributed by atoms with Gasteiger partial charge in [0.1, 0.15) is 0 Å². The van der Waals surface area contributed by atoms with E-state index in [2.05, 4.69) is 12.2 Å². The lowest BCUT2D eigenvalue weighted by molar-refractivity contribution is -0.137. The van der Waals surface area contributed by atoms with Crippen molar-refractivity contribution >= 4 is 5.97 Å². The Hall–Kier alpha value is -0.570. The molecule has 1 aliphatic rings. The van der Waals surface area contributed by atoms with Crippen molar-refractivity contribution in [2.45, 2.75) is 45.4 Å². The highest BCUT2D eigenvalue weighted by Gasteiger charge is 2.19. The van der Waals surface area contributed by atoms with E-state index in [1.165, 1.54) is 19.3 Å². The molecular formula is C12H23NO2. The number of carbonyl (C=O) groups is 1. The van der Waals surface area contributed by atoms with Crippen LogP contribution in [0, 0.1) is 11.8 Å².